The van der Waals surface area contributed by atoms with E-state index >= 15 is 0 Å². The first-order chi connectivity index (χ1) is 14.1. The Morgan fingerprint density at radius 3 is 1.45 bits per heavy atom. The Bertz CT molecular complexity index is 888. The molecule has 0 spiro atoms. The summed E-state index contributed by atoms with van der Waals surface area (Å²) in [6.45, 7) is 4.18. The molecule has 0 aliphatic rings. The molecule has 0 saturated carbocycles. The minimum Gasteiger partial charge on any atom is -0.293 e. The lowest BCUT2D eigenvalue weighted by Crippen LogP contribution is -2.02. The Kier molecular flexibility index (Phi) is 8.03. The Labute approximate surface area is 183 Å². The largest absolute Gasteiger partial charge is 0.293 e. The van der Waals surface area contributed by atoms with Crippen molar-refractivity contribution in [3.05, 3.63) is 70.8 Å². The topological polar surface area (TPSA) is 59.9 Å². The maximum Gasteiger partial charge on any atom is 0.175 e. The molecule has 0 amide bonds. The normalized spacial score (nSPS) is 10.8. The second kappa shape index (κ2) is 10.7. The van der Waals surface area contributed by atoms with Gasteiger partial charge in [-0.05, 0) is 24.0 Å². The molecule has 0 aliphatic heterocycles. The van der Waals surface area contributed by atoms with E-state index in [1.54, 1.807) is 0 Å². The van der Waals surface area contributed by atoms with Gasteiger partial charge in [-0.3, -0.25) is 9.59 Å². The van der Waals surface area contributed by atoms with E-state index in [1.165, 1.54) is 46.0 Å². The zero-order chi connectivity index (χ0) is 20.6. The molecule has 0 radical (unpaired) electrons. The van der Waals surface area contributed by atoms with Crippen LogP contribution in [0, 0.1) is 0 Å². The van der Waals surface area contributed by atoms with Crippen molar-refractivity contribution in [2.24, 2.45) is 0 Å². The number of carbonyl (C=O) groups excluding carboxylic acids is 2. The maximum atomic E-state index is 12.3. The lowest BCUT2D eigenvalue weighted by Gasteiger charge is -2.01. The Morgan fingerprint density at radius 1 is 0.724 bits per heavy atom. The van der Waals surface area contributed by atoms with E-state index in [0.717, 1.165) is 21.5 Å². The van der Waals surface area contributed by atoms with E-state index < -0.39 is 0 Å². The maximum absolute atomic E-state index is 12.3. The monoisotopic (exact) mass is 442 g/mol. The first-order valence-electron chi connectivity index (χ1n) is 9.42. The highest BCUT2D eigenvalue weighted by Gasteiger charge is 2.12. The van der Waals surface area contributed by atoms with Crippen LogP contribution in [0.1, 0.15) is 45.7 Å². The third-order valence-electron chi connectivity index (χ3n) is 4.41. The zero-order valence-electron chi connectivity index (χ0n) is 16.4. The molecule has 2 aromatic carbocycles. The van der Waals surface area contributed by atoms with Crippen LogP contribution in [0.4, 0.5) is 0 Å². The number of rotatable bonds is 10. The summed E-state index contributed by atoms with van der Waals surface area (Å²) >= 11 is 4.19. The summed E-state index contributed by atoms with van der Waals surface area (Å²) in [6, 6.07) is 15.5. The number of ketones is 2. The van der Waals surface area contributed by atoms with E-state index in [-0.39, 0.29) is 11.6 Å². The number of carbonyl (C=O) groups is 2. The van der Waals surface area contributed by atoms with Crippen LogP contribution in [0.5, 0.6) is 0 Å². The molecule has 0 atom stereocenters. The van der Waals surface area contributed by atoms with Crippen molar-refractivity contribution in [3.63, 3.8) is 0 Å². The summed E-state index contributed by atoms with van der Waals surface area (Å²) in [6.07, 6.45) is 1.92. The van der Waals surface area contributed by atoms with Gasteiger partial charge in [-0.1, -0.05) is 97.2 Å². The number of aryl methyl sites for hydroxylation is 2. The van der Waals surface area contributed by atoms with Crippen LogP contribution >= 0.6 is 34.9 Å². The first-order valence-corrected chi connectivity index (χ1v) is 12.2. The molecule has 3 aromatic rings. The molecule has 0 aliphatic carbocycles. The molecule has 1 heterocycles. The fourth-order valence-electron chi connectivity index (χ4n) is 2.59. The van der Waals surface area contributed by atoms with Gasteiger partial charge in [0.2, 0.25) is 0 Å². The van der Waals surface area contributed by atoms with Crippen molar-refractivity contribution in [1.29, 1.82) is 0 Å². The minimum absolute atomic E-state index is 0.0766. The Balaban J connectivity index is 1.48. The van der Waals surface area contributed by atoms with Crippen LogP contribution in [0.2, 0.25) is 0 Å². The van der Waals surface area contributed by atoms with Crippen molar-refractivity contribution >= 4 is 46.4 Å². The molecule has 4 nitrogen and oxygen atoms in total. The van der Waals surface area contributed by atoms with Gasteiger partial charge < -0.3 is 0 Å². The molecule has 150 valence electrons. The number of hydrogen-bond acceptors (Lipinski definition) is 7. The summed E-state index contributed by atoms with van der Waals surface area (Å²) in [5.41, 5.74) is 3.87. The third-order valence-corrected chi connectivity index (χ3v) is 7.60. The van der Waals surface area contributed by atoms with Gasteiger partial charge >= 0.3 is 0 Å². The van der Waals surface area contributed by atoms with E-state index in [1.807, 2.05) is 48.5 Å². The summed E-state index contributed by atoms with van der Waals surface area (Å²) < 4.78 is 1.48. The number of hydrogen-bond donors (Lipinski definition) is 0. The molecule has 0 N–H and O–H groups in total. The second-order valence-electron chi connectivity index (χ2n) is 6.36. The Morgan fingerprint density at radius 2 is 1.10 bits per heavy atom. The molecule has 0 fully saturated rings. The second-order valence-corrected chi connectivity index (χ2v) is 9.78. The Hall–Kier alpha value is -1.96. The standard InChI is InChI=1S/C22H22N2O2S3/c1-3-15-5-9-17(10-6-15)19(25)13-27-21-23-24-22(29-21)28-14-20(26)18-11-7-16(4-2)8-12-18/h5-12H,3-4,13-14H2,1-2H3. The van der Waals surface area contributed by atoms with Crippen molar-refractivity contribution in [2.75, 3.05) is 11.5 Å². The van der Waals surface area contributed by atoms with E-state index in [9.17, 15) is 9.59 Å². The highest BCUT2D eigenvalue weighted by molar-refractivity contribution is 8.03. The van der Waals surface area contributed by atoms with E-state index in [2.05, 4.69) is 24.0 Å². The number of thioether (sulfide) groups is 2. The predicted octanol–water partition coefficient (Wildman–Crippen LogP) is 5.61. The fraction of sp³-hybridized carbons (Fsp3) is 0.273. The molecule has 1 aromatic heterocycles. The van der Waals surface area contributed by atoms with Gasteiger partial charge in [-0.15, -0.1) is 10.2 Å². The van der Waals surface area contributed by atoms with Gasteiger partial charge in [0.1, 0.15) is 0 Å². The van der Waals surface area contributed by atoms with Crippen LogP contribution in [0.3, 0.4) is 0 Å². The number of Topliss-reactive ketones (excluding diaryl/α,β-unsaturated/α-hetero) is 2. The van der Waals surface area contributed by atoms with Crippen molar-refractivity contribution in [1.82, 2.24) is 10.2 Å². The predicted molar refractivity (Wildman–Crippen MR) is 122 cm³/mol. The van der Waals surface area contributed by atoms with Crippen molar-refractivity contribution in [2.45, 2.75) is 35.4 Å². The van der Waals surface area contributed by atoms with Gasteiger partial charge in [0.25, 0.3) is 0 Å². The number of aromatic nitrogens is 2. The highest BCUT2D eigenvalue weighted by Crippen LogP contribution is 2.29. The molecular formula is C22H22N2O2S3. The van der Waals surface area contributed by atoms with Gasteiger partial charge in [0, 0.05) is 11.1 Å². The average molecular weight is 443 g/mol. The molecule has 29 heavy (non-hydrogen) atoms. The number of nitrogens with zero attached hydrogens (tertiary/aromatic N) is 2. The van der Waals surface area contributed by atoms with Crippen LogP contribution in [0.15, 0.2) is 57.2 Å². The van der Waals surface area contributed by atoms with Crippen LogP contribution in [0.25, 0.3) is 0 Å². The van der Waals surface area contributed by atoms with E-state index in [0.29, 0.717) is 22.6 Å². The summed E-state index contributed by atoms with van der Waals surface area (Å²) in [5, 5.41) is 8.26. The van der Waals surface area contributed by atoms with Gasteiger partial charge in [-0.25, -0.2) is 0 Å². The zero-order valence-corrected chi connectivity index (χ0v) is 18.8. The number of benzene rings is 2. The van der Waals surface area contributed by atoms with Gasteiger partial charge in [0.05, 0.1) is 11.5 Å². The SMILES string of the molecule is CCc1ccc(C(=O)CSc2nnc(SCC(=O)c3ccc(CC)cc3)s2)cc1. The third kappa shape index (κ3) is 6.26. The smallest absolute Gasteiger partial charge is 0.175 e. The van der Waals surface area contributed by atoms with Crippen LogP contribution < -0.4 is 0 Å². The molecule has 0 saturated heterocycles. The van der Waals surface area contributed by atoms with Crippen molar-refractivity contribution in [3.8, 4) is 0 Å². The highest BCUT2D eigenvalue weighted by atomic mass is 32.2. The summed E-state index contributed by atoms with van der Waals surface area (Å²) in [4.78, 5) is 24.7. The molecular weight excluding hydrogens is 420 g/mol. The van der Waals surface area contributed by atoms with Gasteiger partial charge in [-0.2, -0.15) is 0 Å². The van der Waals surface area contributed by atoms with Crippen LogP contribution in [-0.2, 0) is 12.8 Å². The van der Waals surface area contributed by atoms with Gasteiger partial charge in [0.15, 0.2) is 20.2 Å². The minimum atomic E-state index is 0.0766. The van der Waals surface area contributed by atoms with Crippen molar-refractivity contribution < 1.29 is 9.59 Å². The molecule has 3 rings (SSSR count). The molecule has 0 unspecified atom stereocenters. The lowest BCUT2D eigenvalue weighted by molar-refractivity contribution is 0.101. The average Bonchev–Trinajstić information content (AvgIpc) is 3.23. The summed E-state index contributed by atoms with van der Waals surface area (Å²) in [5.74, 6) is 0.807. The first kappa shape index (κ1) is 21.7. The molecule has 0 bridgehead atoms. The van der Waals surface area contributed by atoms with Crippen LogP contribution in [-0.4, -0.2) is 33.3 Å². The molecule has 7 heteroatoms. The summed E-state index contributed by atoms with van der Waals surface area (Å²) in [7, 11) is 0. The quantitative estimate of drug-likeness (QED) is 0.300. The fourth-order valence-corrected chi connectivity index (χ4v) is 5.40. The van der Waals surface area contributed by atoms with E-state index in [4.69, 9.17) is 0 Å². The lowest BCUT2D eigenvalue weighted by atomic mass is 10.1.